The van der Waals surface area contributed by atoms with Crippen LogP contribution in [0.15, 0.2) is 36.4 Å². The molecule has 1 aliphatic carbocycles. The van der Waals surface area contributed by atoms with Crippen molar-refractivity contribution in [2.24, 2.45) is 5.92 Å². The molecule has 3 rings (SSSR count). The van der Waals surface area contributed by atoms with Crippen molar-refractivity contribution >= 4 is 17.5 Å². The number of hydrogen-bond acceptors (Lipinski definition) is 2. The lowest BCUT2D eigenvalue weighted by Crippen LogP contribution is -2.49. The van der Waals surface area contributed by atoms with E-state index in [1.54, 1.807) is 12.1 Å². The number of hydrogen-bond donors (Lipinski definition) is 0. The van der Waals surface area contributed by atoms with Crippen molar-refractivity contribution < 1.29 is 4.79 Å². The highest BCUT2D eigenvalue weighted by Gasteiger charge is 2.24. The lowest BCUT2D eigenvalue weighted by Gasteiger charge is -2.36. The summed E-state index contributed by atoms with van der Waals surface area (Å²) >= 11 is 5.97. The Bertz CT molecular complexity index is 550. The molecule has 0 radical (unpaired) electrons. The Morgan fingerprint density at radius 3 is 2.68 bits per heavy atom. The van der Waals surface area contributed by atoms with Gasteiger partial charge in [-0.3, -0.25) is 9.69 Å². The number of halogens is 1. The topological polar surface area (TPSA) is 23.6 Å². The number of piperazine rings is 1. The number of benzene rings is 1. The Kier molecular flexibility index (Phi) is 5.16. The minimum atomic E-state index is 0.0998. The molecule has 1 atom stereocenters. The SMILES string of the molecule is O=C(c1cccc(Cl)c1)N1CCN(CC2CC=CCC2)CC1. The molecule has 22 heavy (non-hydrogen) atoms. The smallest absolute Gasteiger partial charge is 0.253 e. The summed E-state index contributed by atoms with van der Waals surface area (Å²) in [5.74, 6) is 0.892. The lowest BCUT2D eigenvalue weighted by atomic mass is 9.94. The van der Waals surface area contributed by atoms with E-state index < -0.39 is 0 Å². The number of carbonyl (C=O) groups excluding carboxylic acids is 1. The number of allylic oxidation sites excluding steroid dienone is 2. The molecular formula is C18H23ClN2O. The van der Waals surface area contributed by atoms with Crippen LogP contribution in [0.3, 0.4) is 0 Å². The van der Waals surface area contributed by atoms with Crippen LogP contribution in [0.1, 0.15) is 29.6 Å². The third-order valence-electron chi connectivity index (χ3n) is 4.63. The first-order valence-corrected chi connectivity index (χ1v) is 8.52. The van der Waals surface area contributed by atoms with Crippen LogP contribution in [-0.4, -0.2) is 48.4 Å². The predicted molar refractivity (Wildman–Crippen MR) is 90.3 cm³/mol. The van der Waals surface area contributed by atoms with E-state index >= 15 is 0 Å². The second-order valence-electron chi connectivity index (χ2n) is 6.25. The van der Waals surface area contributed by atoms with Gasteiger partial charge >= 0.3 is 0 Å². The normalized spacial score (nSPS) is 22.8. The lowest BCUT2D eigenvalue weighted by molar-refractivity contribution is 0.0614. The van der Waals surface area contributed by atoms with Gasteiger partial charge in [-0.1, -0.05) is 29.8 Å². The minimum absolute atomic E-state index is 0.0998. The van der Waals surface area contributed by atoms with E-state index in [0.717, 1.165) is 32.1 Å². The second kappa shape index (κ2) is 7.30. The summed E-state index contributed by atoms with van der Waals surface area (Å²) in [7, 11) is 0. The Balaban J connectivity index is 1.51. The fourth-order valence-corrected chi connectivity index (χ4v) is 3.52. The molecule has 1 saturated heterocycles. The molecular weight excluding hydrogens is 296 g/mol. The zero-order chi connectivity index (χ0) is 15.4. The zero-order valence-electron chi connectivity index (χ0n) is 12.9. The molecule has 1 amide bonds. The second-order valence-corrected chi connectivity index (χ2v) is 6.69. The summed E-state index contributed by atoms with van der Waals surface area (Å²) in [6.45, 7) is 4.75. The largest absolute Gasteiger partial charge is 0.336 e. The molecule has 1 aliphatic heterocycles. The number of amides is 1. The third kappa shape index (κ3) is 3.90. The van der Waals surface area contributed by atoms with E-state index in [2.05, 4.69) is 17.1 Å². The van der Waals surface area contributed by atoms with Gasteiger partial charge in [0.05, 0.1) is 0 Å². The molecule has 0 spiro atoms. The average Bonchev–Trinajstić information content (AvgIpc) is 2.56. The fraction of sp³-hybridized carbons (Fsp3) is 0.500. The summed E-state index contributed by atoms with van der Waals surface area (Å²) in [5.41, 5.74) is 0.693. The van der Waals surface area contributed by atoms with Crippen molar-refractivity contribution in [3.8, 4) is 0 Å². The van der Waals surface area contributed by atoms with Crippen LogP contribution in [0.25, 0.3) is 0 Å². The van der Waals surface area contributed by atoms with Crippen molar-refractivity contribution in [3.63, 3.8) is 0 Å². The van der Waals surface area contributed by atoms with Crippen LogP contribution in [0.4, 0.5) is 0 Å². The maximum Gasteiger partial charge on any atom is 0.253 e. The van der Waals surface area contributed by atoms with E-state index in [9.17, 15) is 4.79 Å². The van der Waals surface area contributed by atoms with Gasteiger partial charge < -0.3 is 4.90 Å². The molecule has 3 nitrogen and oxygen atoms in total. The summed E-state index contributed by atoms with van der Waals surface area (Å²) in [6, 6.07) is 7.23. The van der Waals surface area contributed by atoms with Crippen LogP contribution in [-0.2, 0) is 0 Å². The van der Waals surface area contributed by atoms with Crippen molar-refractivity contribution in [1.29, 1.82) is 0 Å². The van der Waals surface area contributed by atoms with Crippen LogP contribution in [0.5, 0.6) is 0 Å². The van der Waals surface area contributed by atoms with E-state index in [1.807, 2.05) is 17.0 Å². The van der Waals surface area contributed by atoms with Gasteiger partial charge in [0.15, 0.2) is 0 Å². The maximum absolute atomic E-state index is 12.5. The van der Waals surface area contributed by atoms with E-state index in [-0.39, 0.29) is 5.91 Å². The highest BCUT2D eigenvalue weighted by molar-refractivity contribution is 6.30. The summed E-state index contributed by atoms with van der Waals surface area (Å²) < 4.78 is 0. The van der Waals surface area contributed by atoms with Gasteiger partial charge in [0.25, 0.3) is 5.91 Å². The van der Waals surface area contributed by atoms with Crippen molar-refractivity contribution in [1.82, 2.24) is 9.80 Å². The Morgan fingerprint density at radius 2 is 2.00 bits per heavy atom. The number of rotatable bonds is 3. The van der Waals surface area contributed by atoms with Gasteiger partial charge in [-0.2, -0.15) is 0 Å². The molecule has 0 saturated carbocycles. The highest BCUT2D eigenvalue weighted by atomic mass is 35.5. The first-order valence-electron chi connectivity index (χ1n) is 8.14. The van der Waals surface area contributed by atoms with Gasteiger partial charge in [0.2, 0.25) is 0 Å². The van der Waals surface area contributed by atoms with Crippen molar-refractivity contribution in [2.75, 3.05) is 32.7 Å². The maximum atomic E-state index is 12.5. The minimum Gasteiger partial charge on any atom is -0.336 e. The summed E-state index contributed by atoms with van der Waals surface area (Å²) in [4.78, 5) is 16.9. The Morgan fingerprint density at radius 1 is 1.18 bits per heavy atom. The number of carbonyl (C=O) groups is 1. The number of nitrogens with zero attached hydrogens (tertiary/aromatic N) is 2. The van der Waals surface area contributed by atoms with Gasteiger partial charge in [-0.15, -0.1) is 0 Å². The first-order chi connectivity index (χ1) is 10.7. The summed E-state index contributed by atoms with van der Waals surface area (Å²) in [6.07, 6.45) is 8.34. The Labute approximate surface area is 137 Å². The predicted octanol–water partition coefficient (Wildman–Crippen LogP) is 3.45. The highest BCUT2D eigenvalue weighted by Crippen LogP contribution is 2.20. The molecule has 1 fully saturated rings. The van der Waals surface area contributed by atoms with E-state index in [0.29, 0.717) is 10.6 Å². The van der Waals surface area contributed by atoms with Gasteiger partial charge in [-0.05, 0) is 43.4 Å². The first kappa shape index (κ1) is 15.6. The van der Waals surface area contributed by atoms with Crippen LogP contribution < -0.4 is 0 Å². The molecule has 1 aromatic carbocycles. The Hall–Kier alpha value is -1.32. The molecule has 0 bridgehead atoms. The monoisotopic (exact) mass is 318 g/mol. The standard InChI is InChI=1S/C18H23ClN2O/c19-17-8-4-7-16(13-17)18(22)21-11-9-20(10-12-21)14-15-5-2-1-3-6-15/h1-2,4,7-8,13,15H,3,5-6,9-12,14H2. The van der Waals surface area contributed by atoms with Crippen molar-refractivity contribution in [2.45, 2.75) is 19.3 Å². The molecule has 4 heteroatoms. The van der Waals surface area contributed by atoms with Crippen LogP contribution >= 0.6 is 11.6 Å². The van der Waals surface area contributed by atoms with Crippen LogP contribution in [0, 0.1) is 5.92 Å². The van der Waals surface area contributed by atoms with Gasteiger partial charge in [0.1, 0.15) is 0 Å². The zero-order valence-corrected chi connectivity index (χ0v) is 13.6. The third-order valence-corrected chi connectivity index (χ3v) is 4.86. The quantitative estimate of drug-likeness (QED) is 0.797. The molecule has 1 aromatic rings. The molecule has 0 N–H and O–H groups in total. The van der Waals surface area contributed by atoms with Crippen LogP contribution in [0.2, 0.25) is 5.02 Å². The average molecular weight is 319 g/mol. The molecule has 1 heterocycles. The van der Waals surface area contributed by atoms with Crippen molar-refractivity contribution in [3.05, 3.63) is 47.0 Å². The molecule has 118 valence electrons. The van der Waals surface area contributed by atoms with Gasteiger partial charge in [0, 0.05) is 43.3 Å². The van der Waals surface area contributed by atoms with E-state index in [4.69, 9.17) is 11.6 Å². The summed E-state index contributed by atoms with van der Waals surface area (Å²) in [5, 5.41) is 0.620. The van der Waals surface area contributed by atoms with E-state index in [1.165, 1.54) is 25.8 Å². The molecule has 2 aliphatic rings. The fourth-order valence-electron chi connectivity index (χ4n) is 3.32. The molecule has 1 unspecified atom stereocenters. The van der Waals surface area contributed by atoms with Gasteiger partial charge in [-0.25, -0.2) is 0 Å². The molecule has 0 aromatic heterocycles.